The van der Waals surface area contributed by atoms with Crippen LogP contribution in [0.2, 0.25) is 0 Å². The van der Waals surface area contributed by atoms with Crippen molar-refractivity contribution >= 4 is 5.97 Å². The Morgan fingerprint density at radius 1 is 1.10 bits per heavy atom. The first kappa shape index (κ1) is 19.0. The van der Waals surface area contributed by atoms with Gasteiger partial charge < -0.3 is 26.2 Å². The van der Waals surface area contributed by atoms with Crippen LogP contribution in [0.4, 0.5) is 0 Å². The van der Waals surface area contributed by atoms with Crippen LogP contribution < -0.4 is 17.0 Å². The van der Waals surface area contributed by atoms with Crippen LogP contribution >= 0.6 is 0 Å². The average Bonchev–Trinajstić information content (AvgIpc) is 2.43. The summed E-state index contributed by atoms with van der Waals surface area (Å²) in [4.78, 5) is 11.2. The monoisotopic (exact) mass is 361 g/mol. The Labute approximate surface area is 140 Å². The van der Waals surface area contributed by atoms with Crippen LogP contribution in [0.5, 0.6) is 0 Å². The lowest BCUT2D eigenvalue weighted by atomic mass is 9.83. The summed E-state index contributed by atoms with van der Waals surface area (Å²) in [6.45, 7) is 8.84. The lowest BCUT2D eigenvalue weighted by molar-refractivity contribution is -0.946. The molecule has 0 aromatic carbocycles. The highest BCUT2D eigenvalue weighted by molar-refractivity contribution is 5.66. The fraction of sp³-hybridized carbons (Fsp3) is 0.941. The van der Waals surface area contributed by atoms with Crippen molar-refractivity contribution in [1.29, 1.82) is 0 Å². The van der Waals surface area contributed by atoms with Crippen molar-refractivity contribution in [2.24, 2.45) is 5.92 Å². The molecule has 3 saturated heterocycles. The van der Waals surface area contributed by atoms with Gasteiger partial charge in [-0.15, -0.1) is 0 Å². The number of carbonyl (C=O) groups is 1. The molecule has 0 aromatic rings. The molecule has 2 bridgehead atoms. The molecule has 1 unspecified atom stereocenters. The van der Waals surface area contributed by atoms with E-state index in [2.05, 4.69) is 6.92 Å². The largest absolute Gasteiger partial charge is 1.00 e. The number of halogens is 1. The molecule has 3 aliphatic heterocycles. The van der Waals surface area contributed by atoms with Gasteiger partial charge in [0.05, 0.1) is 19.6 Å². The van der Waals surface area contributed by atoms with E-state index in [9.17, 15) is 4.79 Å². The van der Waals surface area contributed by atoms with Gasteiger partial charge in [-0.25, -0.2) is 0 Å². The molecular formula is C17H32BrNO2. The van der Waals surface area contributed by atoms with Crippen LogP contribution in [0.15, 0.2) is 0 Å². The van der Waals surface area contributed by atoms with Crippen LogP contribution in [-0.4, -0.2) is 42.7 Å². The zero-order chi connectivity index (χ0) is 14.4. The molecule has 0 saturated carbocycles. The fourth-order valence-corrected chi connectivity index (χ4v) is 4.11. The SMILES string of the molecule is CCCCCCCC[N+]12CCC(CC1)C(OC(C)=O)C2.[Br-]. The number of quaternary nitrogens is 1. The molecule has 124 valence electrons. The summed E-state index contributed by atoms with van der Waals surface area (Å²) in [5, 5.41) is 0. The van der Waals surface area contributed by atoms with E-state index in [1.54, 1.807) is 6.92 Å². The minimum absolute atomic E-state index is 0. The summed E-state index contributed by atoms with van der Waals surface area (Å²) in [6.07, 6.45) is 10.9. The maximum Gasteiger partial charge on any atom is 0.303 e. The Balaban J connectivity index is 0.00000220. The van der Waals surface area contributed by atoms with Gasteiger partial charge in [0.25, 0.3) is 0 Å². The average molecular weight is 362 g/mol. The maximum atomic E-state index is 11.2. The smallest absolute Gasteiger partial charge is 0.303 e. The van der Waals surface area contributed by atoms with Gasteiger partial charge in [-0.1, -0.05) is 32.6 Å². The number of rotatable bonds is 8. The Hall–Kier alpha value is -0.0900. The van der Waals surface area contributed by atoms with E-state index in [0.717, 1.165) is 6.54 Å². The van der Waals surface area contributed by atoms with Crippen LogP contribution in [0.1, 0.15) is 65.2 Å². The van der Waals surface area contributed by atoms with Crippen LogP contribution in [0, 0.1) is 5.92 Å². The molecule has 21 heavy (non-hydrogen) atoms. The summed E-state index contributed by atoms with van der Waals surface area (Å²) in [5.74, 6) is 0.546. The van der Waals surface area contributed by atoms with Crippen molar-refractivity contribution in [3.05, 3.63) is 0 Å². The van der Waals surface area contributed by atoms with E-state index in [0.29, 0.717) is 5.92 Å². The molecule has 0 N–H and O–H groups in total. The van der Waals surface area contributed by atoms with E-state index < -0.39 is 0 Å². The molecule has 3 aliphatic rings. The molecule has 3 heterocycles. The first-order valence-corrected chi connectivity index (χ1v) is 8.67. The van der Waals surface area contributed by atoms with Crippen molar-refractivity contribution in [3.8, 4) is 0 Å². The van der Waals surface area contributed by atoms with Gasteiger partial charge in [0.1, 0.15) is 6.54 Å². The second-order valence-corrected chi connectivity index (χ2v) is 6.95. The van der Waals surface area contributed by atoms with Gasteiger partial charge in [-0.2, -0.15) is 0 Å². The molecule has 3 nitrogen and oxygen atoms in total. The number of hydrogen-bond donors (Lipinski definition) is 0. The van der Waals surface area contributed by atoms with Gasteiger partial charge >= 0.3 is 5.97 Å². The molecule has 0 spiro atoms. The highest BCUT2D eigenvalue weighted by Crippen LogP contribution is 2.36. The van der Waals surface area contributed by atoms with Gasteiger partial charge in [0, 0.05) is 25.7 Å². The number of hydrogen-bond acceptors (Lipinski definition) is 2. The minimum Gasteiger partial charge on any atom is -1.00 e. The van der Waals surface area contributed by atoms with E-state index >= 15 is 0 Å². The molecule has 0 amide bonds. The summed E-state index contributed by atoms with van der Waals surface area (Å²) < 4.78 is 6.78. The summed E-state index contributed by atoms with van der Waals surface area (Å²) in [6, 6.07) is 0. The number of nitrogens with zero attached hydrogens (tertiary/aromatic N) is 1. The van der Waals surface area contributed by atoms with Gasteiger partial charge in [0.15, 0.2) is 6.10 Å². The zero-order valence-electron chi connectivity index (χ0n) is 13.8. The molecule has 4 heteroatoms. The Morgan fingerprint density at radius 2 is 1.71 bits per heavy atom. The molecule has 3 rings (SSSR count). The normalized spacial score (nSPS) is 30.8. The van der Waals surface area contributed by atoms with E-state index in [1.165, 1.54) is 75.5 Å². The number of fused-ring (bicyclic) bond motifs is 3. The van der Waals surface area contributed by atoms with Crippen molar-refractivity contribution in [2.75, 3.05) is 26.2 Å². The first-order valence-electron chi connectivity index (χ1n) is 8.67. The number of ether oxygens (including phenoxy) is 1. The Morgan fingerprint density at radius 3 is 2.33 bits per heavy atom. The molecule has 0 radical (unpaired) electrons. The molecule has 3 fully saturated rings. The topological polar surface area (TPSA) is 26.3 Å². The van der Waals surface area contributed by atoms with Gasteiger partial charge in [-0.05, 0) is 12.8 Å². The predicted molar refractivity (Wildman–Crippen MR) is 81.4 cm³/mol. The van der Waals surface area contributed by atoms with Crippen LogP contribution in [-0.2, 0) is 9.53 Å². The fourth-order valence-electron chi connectivity index (χ4n) is 4.11. The second kappa shape index (κ2) is 9.14. The standard InChI is InChI=1S/C17H32NO2.BrH/c1-3-4-5-6-7-8-11-18-12-9-16(10-13-18)17(14-18)20-15(2)19;/h16-17H,3-14H2,1-2H3;1H/q+1;/p-1. The summed E-state index contributed by atoms with van der Waals surface area (Å²) in [7, 11) is 0. The van der Waals surface area contributed by atoms with E-state index in [1.807, 2.05) is 0 Å². The van der Waals surface area contributed by atoms with Crippen LogP contribution in [0.3, 0.4) is 0 Å². The van der Waals surface area contributed by atoms with E-state index in [-0.39, 0.29) is 29.1 Å². The maximum absolute atomic E-state index is 11.2. The third-order valence-electron chi connectivity index (χ3n) is 5.34. The van der Waals surface area contributed by atoms with Gasteiger partial charge in [0.2, 0.25) is 0 Å². The first-order chi connectivity index (χ1) is 9.65. The molecule has 1 atom stereocenters. The predicted octanol–water partition coefficient (Wildman–Crippen LogP) is 0.523. The lowest BCUT2D eigenvalue weighted by Crippen LogP contribution is -3.00. The van der Waals surface area contributed by atoms with Crippen molar-refractivity contribution < 1.29 is 31.0 Å². The molecule has 0 aliphatic carbocycles. The quantitative estimate of drug-likeness (QED) is 0.358. The summed E-state index contributed by atoms with van der Waals surface area (Å²) >= 11 is 0. The minimum atomic E-state index is -0.0959. The number of unbranched alkanes of at least 4 members (excludes halogenated alkanes) is 5. The second-order valence-electron chi connectivity index (χ2n) is 6.95. The number of esters is 1. The Kier molecular flexibility index (Phi) is 8.25. The highest BCUT2D eigenvalue weighted by atomic mass is 79.9. The lowest BCUT2D eigenvalue weighted by Gasteiger charge is -2.52. The van der Waals surface area contributed by atoms with Crippen molar-refractivity contribution in [3.63, 3.8) is 0 Å². The molecular weight excluding hydrogens is 330 g/mol. The van der Waals surface area contributed by atoms with Crippen LogP contribution in [0.25, 0.3) is 0 Å². The number of piperidine rings is 3. The molecule has 0 aromatic heterocycles. The third kappa shape index (κ3) is 5.55. The zero-order valence-corrected chi connectivity index (χ0v) is 15.4. The Bertz CT molecular complexity index is 314. The van der Waals surface area contributed by atoms with Crippen molar-refractivity contribution in [1.82, 2.24) is 0 Å². The van der Waals surface area contributed by atoms with Crippen molar-refractivity contribution in [2.45, 2.75) is 71.3 Å². The number of carbonyl (C=O) groups excluding carboxylic acids is 1. The summed E-state index contributed by atoms with van der Waals surface area (Å²) in [5.41, 5.74) is 0. The van der Waals surface area contributed by atoms with E-state index in [4.69, 9.17) is 4.74 Å². The van der Waals surface area contributed by atoms with Gasteiger partial charge in [-0.3, -0.25) is 4.79 Å². The highest BCUT2D eigenvalue weighted by Gasteiger charge is 2.46. The third-order valence-corrected chi connectivity index (χ3v) is 5.34.